The van der Waals surface area contributed by atoms with Gasteiger partial charge in [-0.1, -0.05) is 12.1 Å². The minimum Gasteiger partial charge on any atom is -0.355 e. The summed E-state index contributed by atoms with van der Waals surface area (Å²) in [5.74, 6) is -0.532. The van der Waals surface area contributed by atoms with Crippen LogP contribution in [0.25, 0.3) is 11.3 Å². The fraction of sp³-hybridized carbons (Fsp3) is 0.409. The molecule has 0 unspecified atom stereocenters. The van der Waals surface area contributed by atoms with E-state index in [0.717, 1.165) is 19.4 Å². The number of nitrogens with zero attached hydrogens (tertiary/aromatic N) is 2. The van der Waals surface area contributed by atoms with Gasteiger partial charge in [0.1, 0.15) is 5.82 Å². The molecule has 1 heterocycles. The van der Waals surface area contributed by atoms with Crippen molar-refractivity contribution < 1.29 is 14.0 Å². The Labute approximate surface area is 170 Å². The average molecular weight is 398 g/mol. The van der Waals surface area contributed by atoms with Crippen LogP contribution in [0.3, 0.4) is 0 Å². The maximum Gasteiger partial charge on any atom is 0.253 e. The number of benzene rings is 1. The second-order valence-corrected chi connectivity index (χ2v) is 7.72. The van der Waals surface area contributed by atoms with Crippen LogP contribution < -0.4 is 10.6 Å². The fourth-order valence-electron chi connectivity index (χ4n) is 3.51. The molecule has 2 amide bonds. The van der Waals surface area contributed by atoms with Crippen LogP contribution in [0.15, 0.2) is 42.6 Å². The van der Waals surface area contributed by atoms with Gasteiger partial charge in [-0.2, -0.15) is 0 Å². The van der Waals surface area contributed by atoms with Crippen LogP contribution in [0.4, 0.5) is 4.39 Å². The quantitative estimate of drug-likeness (QED) is 0.751. The predicted octanol–water partition coefficient (Wildman–Crippen LogP) is 2.46. The molecular formula is C22H27FN4O2. The third-order valence-electron chi connectivity index (χ3n) is 5.14. The summed E-state index contributed by atoms with van der Waals surface area (Å²) in [6.07, 6.45) is 3.70. The van der Waals surface area contributed by atoms with Crippen molar-refractivity contribution >= 4 is 11.8 Å². The molecule has 1 fully saturated rings. The largest absolute Gasteiger partial charge is 0.355 e. The van der Waals surface area contributed by atoms with Gasteiger partial charge in [-0.25, -0.2) is 4.39 Å². The Morgan fingerprint density at radius 1 is 1.21 bits per heavy atom. The summed E-state index contributed by atoms with van der Waals surface area (Å²) in [7, 11) is 3.93. The zero-order valence-corrected chi connectivity index (χ0v) is 16.8. The van der Waals surface area contributed by atoms with Gasteiger partial charge in [0.25, 0.3) is 5.91 Å². The van der Waals surface area contributed by atoms with Crippen molar-refractivity contribution in [1.29, 1.82) is 0 Å². The number of amides is 2. The van der Waals surface area contributed by atoms with Gasteiger partial charge in [0.05, 0.1) is 11.3 Å². The zero-order valence-electron chi connectivity index (χ0n) is 16.8. The first-order valence-corrected chi connectivity index (χ1v) is 9.87. The van der Waals surface area contributed by atoms with Gasteiger partial charge in [-0.3, -0.25) is 14.6 Å². The van der Waals surface area contributed by atoms with Crippen LogP contribution in [-0.2, 0) is 4.79 Å². The SMILES string of the molecule is CN(C)CCNC(=O)[C@@H]1CC[C@H](NC(=O)c2ccc(-c3cccc(F)c3)nc2)C1. The van der Waals surface area contributed by atoms with E-state index in [0.29, 0.717) is 29.8 Å². The molecule has 1 aliphatic carbocycles. The van der Waals surface area contributed by atoms with E-state index in [1.165, 1.54) is 18.3 Å². The molecule has 0 radical (unpaired) electrons. The van der Waals surface area contributed by atoms with E-state index in [-0.39, 0.29) is 29.6 Å². The minimum absolute atomic E-state index is 0.0185. The van der Waals surface area contributed by atoms with E-state index in [9.17, 15) is 14.0 Å². The Morgan fingerprint density at radius 2 is 2.03 bits per heavy atom. The summed E-state index contributed by atoms with van der Waals surface area (Å²) in [6, 6.07) is 9.55. The van der Waals surface area contributed by atoms with Crippen molar-refractivity contribution in [1.82, 2.24) is 20.5 Å². The second kappa shape index (κ2) is 9.60. The average Bonchev–Trinajstić information content (AvgIpc) is 3.16. The third kappa shape index (κ3) is 5.84. The monoisotopic (exact) mass is 398 g/mol. The Balaban J connectivity index is 1.51. The van der Waals surface area contributed by atoms with Gasteiger partial charge < -0.3 is 15.5 Å². The summed E-state index contributed by atoms with van der Waals surface area (Å²) in [4.78, 5) is 31.1. The second-order valence-electron chi connectivity index (χ2n) is 7.72. The lowest BCUT2D eigenvalue weighted by atomic mass is 10.1. The number of nitrogens with one attached hydrogen (secondary N) is 2. The lowest BCUT2D eigenvalue weighted by Crippen LogP contribution is -2.36. The van der Waals surface area contributed by atoms with E-state index in [4.69, 9.17) is 0 Å². The molecule has 154 valence electrons. The van der Waals surface area contributed by atoms with Crippen LogP contribution in [0.2, 0.25) is 0 Å². The van der Waals surface area contributed by atoms with Crippen molar-refractivity contribution in [3.63, 3.8) is 0 Å². The van der Waals surface area contributed by atoms with Gasteiger partial charge in [-0.15, -0.1) is 0 Å². The van der Waals surface area contributed by atoms with E-state index in [1.54, 1.807) is 24.3 Å². The van der Waals surface area contributed by atoms with Gasteiger partial charge in [0.15, 0.2) is 0 Å². The van der Waals surface area contributed by atoms with Crippen molar-refractivity contribution in [3.8, 4) is 11.3 Å². The highest BCUT2D eigenvalue weighted by Gasteiger charge is 2.30. The standard InChI is InChI=1S/C22H27FN4O2/c1-27(2)11-10-24-21(28)16-6-8-19(13-16)26-22(29)17-7-9-20(25-14-17)15-4-3-5-18(23)12-15/h3-5,7,9,12,14,16,19H,6,8,10-11,13H2,1-2H3,(H,24,28)(H,26,29)/t16-,19+/m1/s1. The number of rotatable bonds is 7. The molecule has 0 spiro atoms. The molecule has 6 nitrogen and oxygen atoms in total. The lowest BCUT2D eigenvalue weighted by molar-refractivity contribution is -0.124. The minimum atomic E-state index is -0.326. The molecule has 2 N–H and O–H groups in total. The van der Waals surface area contributed by atoms with Crippen molar-refractivity contribution in [2.75, 3.05) is 27.2 Å². The first kappa shape index (κ1) is 20.9. The molecule has 29 heavy (non-hydrogen) atoms. The van der Waals surface area contributed by atoms with Crippen molar-refractivity contribution in [3.05, 3.63) is 54.0 Å². The number of pyridine rings is 1. The lowest BCUT2D eigenvalue weighted by Gasteiger charge is -2.15. The molecule has 0 saturated heterocycles. The molecule has 1 aromatic heterocycles. The molecule has 7 heteroatoms. The van der Waals surface area contributed by atoms with E-state index < -0.39 is 0 Å². The molecule has 1 aromatic carbocycles. The normalized spacial score (nSPS) is 18.6. The Kier molecular flexibility index (Phi) is 6.93. The summed E-state index contributed by atoms with van der Waals surface area (Å²) in [5.41, 5.74) is 1.72. The predicted molar refractivity (Wildman–Crippen MR) is 110 cm³/mol. The molecule has 3 rings (SSSR count). The topological polar surface area (TPSA) is 74.3 Å². The molecule has 1 saturated carbocycles. The maximum absolute atomic E-state index is 13.4. The molecule has 0 bridgehead atoms. The molecule has 2 aromatic rings. The molecular weight excluding hydrogens is 371 g/mol. The number of hydrogen-bond donors (Lipinski definition) is 2. The van der Waals surface area contributed by atoms with E-state index >= 15 is 0 Å². The van der Waals surface area contributed by atoms with Crippen LogP contribution >= 0.6 is 0 Å². The first-order chi connectivity index (χ1) is 13.9. The van der Waals surface area contributed by atoms with Crippen molar-refractivity contribution in [2.45, 2.75) is 25.3 Å². The molecule has 0 aliphatic heterocycles. The van der Waals surface area contributed by atoms with Crippen molar-refractivity contribution in [2.24, 2.45) is 5.92 Å². The first-order valence-electron chi connectivity index (χ1n) is 9.87. The Hall–Kier alpha value is -2.80. The summed E-state index contributed by atoms with van der Waals surface area (Å²) < 4.78 is 13.4. The number of likely N-dealkylation sites (N-methyl/N-ethyl adjacent to an activating group) is 1. The number of carbonyl (C=O) groups excluding carboxylic acids is 2. The smallest absolute Gasteiger partial charge is 0.253 e. The maximum atomic E-state index is 13.4. The van der Waals surface area contributed by atoms with Gasteiger partial charge in [-0.05, 0) is 57.6 Å². The summed E-state index contributed by atoms with van der Waals surface area (Å²) in [6.45, 7) is 1.43. The highest BCUT2D eigenvalue weighted by molar-refractivity contribution is 5.94. The number of hydrogen-bond acceptors (Lipinski definition) is 4. The number of aromatic nitrogens is 1. The molecule has 1 aliphatic rings. The van der Waals surface area contributed by atoms with Crippen LogP contribution in [0.1, 0.15) is 29.6 Å². The summed E-state index contributed by atoms with van der Waals surface area (Å²) >= 11 is 0. The van der Waals surface area contributed by atoms with Gasteiger partial charge in [0.2, 0.25) is 5.91 Å². The third-order valence-corrected chi connectivity index (χ3v) is 5.14. The van der Waals surface area contributed by atoms with Crippen LogP contribution in [0.5, 0.6) is 0 Å². The number of halogens is 1. The fourth-order valence-corrected chi connectivity index (χ4v) is 3.51. The summed E-state index contributed by atoms with van der Waals surface area (Å²) in [5, 5.41) is 5.95. The Bertz CT molecular complexity index is 854. The molecule has 2 atom stereocenters. The van der Waals surface area contributed by atoms with E-state index in [1.807, 2.05) is 19.0 Å². The van der Waals surface area contributed by atoms with Crippen LogP contribution in [0, 0.1) is 11.7 Å². The highest BCUT2D eigenvalue weighted by atomic mass is 19.1. The van der Waals surface area contributed by atoms with Gasteiger partial charge in [0, 0.05) is 36.8 Å². The van der Waals surface area contributed by atoms with Crippen LogP contribution in [-0.4, -0.2) is 54.9 Å². The highest BCUT2D eigenvalue weighted by Crippen LogP contribution is 2.26. The number of carbonyl (C=O) groups is 2. The zero-order chi connectivity index (χ0) is 20.8. The Morgan fingerprint density at radius 3 is 2.72 bits per heavy atom. The van der Waals surface area contributed by atoms with E-state index in [2.05, 4.69) is 15.6 Å². The van der Waals surface area contributed by atoms with Gasteiger partial charge >= 0.3 is 0 Å².